The van der Waals surface area contributed by atoms with Gasteiger partial charge in [0.05, 0.1) is 13.0 Å². The first kappa shape index (κ1) is 16.8. The molecule has 0 fully saturated rings. The van der Waals surface area contributed by atoms with Gasteiger partial charge in [0.2, 0.25) is 0 Å². The van der Waals surface area contributed by atoms with Crippen LogP contribution in [0.3, 0.4) is 0 Å². The Morgan fingerprint density at radius 2 is 1.87 bits per heavy atom. The van der Waals surface area contributed by atoms with Crippen molar-refractivity contribution in [3.8, 4) is 11.5 Å². The molecule has 0 amide bonds. The lowest BCUT2D eigenvalue weighted by Crippen LogP contribution is -2.15. The number of benzene rings is 2. The van der Waals surface area contributed by atoms with Crippen molar-refractivity contribution in [3.05, 3.63) is 59.7 Å². The van der Waals surface area contributed by atoms with Gasteiger partial charge in [-0.15, -0.1) is 0 Å². The van der Waals surface area contributed by atoms with E-state index in [1.54, 1.807) is 18.2 Å². The summed E-state index contributed by atoms with van der Waals surface area (Å²) >= 11 is 0. The van der Waals surface area contributed by atoms with Crippen molar-refractivity contribution in [1.82, 2.24) is 0 Å². The molecule has 23 heavy (non-hydrogen) atoms. The average Bonchev–Trinajstić information content (AvgIpc) is 2.54. The summed E-state index contributed by atoms with van der Waals surface area (Å²) in [5.41, 5.74) is 7.67. The highest BCUT2D eigenvalue weighted by Gasteiger charge is 2.14. The molecule has 5 heteroatoms. The fraction of sp³-hybridized carbons (Fsp3) is 0.278. The molecule has 3 N–H and O–H groups in total. The molecule has 2 aromatic rings. The number of rotatable bonds is 8. The zero-order valence-electron chi connectivity index (χ0n) is 13.1. The van der Waals surface area contributed by atoms with Crippen LogP contribution in [-0.2, 0) is 11.4 Å². The van der Waals surface area contributed by atoms with Gasteiger partial charge in [0.25, 0.3) is 0 Å². The van der Waals surface area contributed by atoms with E-state index < -0.39 is 12.0 Å². The maximum atomic E-state index is 10.8. The number of ether oxygens (including phenoxy) is 2. The van der Waals surface area contributed by atoms with E-state index in [1.807, 2.05) is 37.3 Å². The highest BCUT2D eigenvalue weighted by molar-refractivity contribution is 5.68. The number of carboxylic acids is 1. The van der Waals surface area contributed by atoms with E-state index >= 15 is 0 Å². The van der Waals surface area contributed by atoms with Crippen LogP contribution in [0.4, 0.5) is 0 Å². The van der Waals surface area contributed by atoms with E-state index in [0.29, 0.717) is 30.3 Å². The minimum Gasteiger partial charge on any atom is -0.490 e. The predicted molar refractivity (Wildman–Crippen MR) is 87.6 cm³/mol. The molecule has 5 nitrogen and oxygen atoms in total. The second kappa shape index (κ2) is 8.19. The van der Waals surface area contributed by atoms with E-state index in [4.69, 9.17) is 20.3 Å². The molecule has 2 rings (SSSR count). The Labute approximate surface area is 135 Å². The van der Waals surface area contributed by atoms with Gasteiger partial charge in [-0.25, -0.2) is 0 Å². The molecule has 0 saturated carbocycles. The molecule has 122 valence electrons. The van der Waals surface area contributed by atoms with Crippen molar-refractivity contribution in [1.29, 1.82) is 0 Å². The van der Waals surface area contributed by atoms with Crippen LogP contribution in [0, 0.1) is 0 Å². The van der Waals surface area contributed by atoms with Gasteiger partial charge in [-0.3, -0.25) is 4.79 Å². The molecule has 0 aromatic heterocycles. The van der Waals surface area contributed by atoms with Crippen molar-refractivity contribution in [2.24, 2.45) is 5.73 Å². The summed E-state index contributed by atoms with van der Waals surface area (Å²) in [6, 6.07) is 14.5. The predicted octanol–water partition coefficient (Wildman–Crippen LogP) is 3.14. The summed E-state index contributed by atoms with van der Waals surface area (Å²) in [5.74, 6) is 0.253. The Morgan fingerprint density at radius 1 is 1.13 bits per heavy atom. The van der Waals surface area contributed by atoms with Gasteiger partial charge in [-0.05, 0) is 30.2 Å². The number of aliphatic carboxylic acids is 1. The third-order valence-electron chi connectivity index (χ3n) is 3.33. The van der Waals surface area contributed by atoms with Gasteiger partial charge in [0, 0.05) is 6.04 Å². The zero-order valence-corrected chi connectivity index (χ0v) is 13.1. The van der Waals surface area contributed by atoms with E-state index in [0.717, 1.165) is 5.56 Å². The Morgan fingerprint density at radius 3 is 2.52 bits per heavy atom. The minimum absolute atomic E-state index is 0.129. The van der Waals surface area contributed by atoms with Gasteiger partial charge in [0.15, 0.2) is 11.5 Å². The van der Waals surface area contributed by atoms with Gasteiger partial charge < -0.3 is 20.3 Å². The van der Waals surface area contributed by atoms with Gasteiger partial charge in [-0.1, -0.05) is 36.4 Å². The summed E-state index contributed by atoms with van der Waals surface area (Å²) in [4.78, 5) is 10.8. The lowest BCUT2D eigenvalue weighted by atomic mass is 10.0. The van der Waals surface area contributed by atoms with Crippen LogP contribution in [0.15, 0.2) is 48.5 Å². The number of hydrogen-bond acceptors (Lipinski definition) is 4. The standard InChI is InChI=1S/C18H21NO4/c1-2-22-17-10-14(15(19)11-18(20)21)8-9-16(17)23-12-13-6-4-3-5-7-13/h3-10,15H,2,11-12,19H2,1H3,(H,20,21). The summed E-state index contributed by atoms with van der Waals surface area (Å²) < 4.78 is 11.4. The molecular formula is C18H21NO4. The molecular weight excluding hydrogens is 294 g/mol. The first-order valence-electron chi connectivity index (χ1n) is 7.51. The maximum Gasteiger partial charge on any atom is 0.305 e. The van der Waals surface area contributed by atoms with Crippen molar-refractivity contribution in [3.63, 3.8) is 0 Å². The van der Waals surface area contributed by atoms with Crippen LogP contribution in [0.1, 0.15) is 30.5 Å². The van der Waals surface area contributed by atoms with Crippen molar-refractivity contribution < 1.29 is 19.4 Å². The first-order valence-corrected chi connectivity index (χ1v) is 7.51. The molecule has 0 spiro atoms. The van der Waals surface area contributed by atoms with E-state index in [2.05, 4.69) is 0 Å². The SMILES string of the molecule is CCOc1cc(C(N)CC(=O)O)ccc1OCc1ccccc1. The maximum absolute atomic E-state index is 10.8. The highest BCUT2D eigenvalue weighted by atomic mass is 16.5. The monoisotopic (exact) mass is 315 g/mol. The molecule has 1 atom stereocenters. The average molecular weight is 315 g/mol. The molecule has 1 unspecified atom stereocenters. The molecule has 0 aliphatic rings. The number of nitrogens with two attached hydrogens (primary N) is 1. The molecule has 0 aliphatic carbocycles. The summed E-state index contributed by atoms with van der Waals surface area (Å²) in [7, 11) is 0. The Kier molecular flexibility index (Phi) is 6.00. The van der Waals surface area contributed by atoms with Gasteiger partial charge >= 0.3 is 5.97 Å². The molecule has 0 radical (unpaired) electrons. The molecule has 2 aromatic carbocycles. The van der Waals surface area contributed by atoms with Crippen LogP contribution >= 0.6 is 0 Å². The Balaban J connectivity index is 2.14. The van der Waals surface area contributed by atoms with Crippen LogP contribution < -0.4 is 15.2 Å². The lowest BCUT2D eigenvalue weighted by Gasteiger charge is -2.16. The molecule has 0 heterocycles. The quantitative estimate of drug-likeness (QED) is 0.782. The zero-order chi connectivity index (χ0) is 16.7. The minimum atomic E-state index is -0.931. The largest absolute Gasteiger partial charge is 0.490 e. The topological polar surface area (TPSA) is 81.8 Å². The van der Waals surface area contributed by atoms with Crippen LogP contribution in [0.25, 0.3) is 0 Å². The fourth-order valence-electron chi connectivity index (χ4n) is 2.18. The van der Waals surface area contributed by atoms with Crippen molar-refractivity contribution >= 4 is 5.97 Å². The first-order chi connectivity index (χ1) is 11.1. The molecule has 0 bridgehead atoms. The number of hydrogen-bond donors (Lipinski definition) is 2. The van der Waals surface area contributed by atoms with E-state index in [-0.39, 0.29) is 6.42 Å². The Bertz CT molecular complexity index is 643. The smallest absolute Gasteiger partial charge is 0.305 e. The lowest BCUT2D eigenvalue weighted by molar-refractivity contribution is -0.137. The van der Waals surface area contributed by atoms with E-state index in [9.17, 15) is 4.79 Å². The van der Waals surface area contributed by atoms with E-state index in [1.165, 1.54) is 0 Å². The van der Waals surface area contributed by atoms with Gasteiger partial charge in [0.1, 0.15) is 6.61 Å². The summed E-state index contributed by atoms with van der Waals surface area (Å²) in [6.07, 6.45) is -0.129. The third kappa shape index (κ3) is 5.00. The highest BCUT2D eigenvalue weighted by Crippen LogP contribution is 2.31. The second-order valence-corrected chi connectivity index (χ2v) is 5.12. The summed E-state index contributed by atoms with van der Waals surface area (Å²) in [5, 5.41) is 8.85. The van der Waals surface area contributed by atoms with Crippen molar-refractivity contribution in [2.75, 3.05) is 6.61 Å². The fourth-order valence-corrected chi connectivity index (χ4v) is 2.18. The second-order valence-electron chi connectivity index (χ2n) is 5.12. The number of carbonyl (C=O) groups is 1. The Hall–Kier alpha value is -2.53. The van der Waals surface area contributed by atoms with Gasteiger partial charge in [-0.2, -0.15) is 0 Å². The number of carboxylic acid groups (broad SMARTS) is 1. The summed E-state index contributed by atoms with van der Waals surface area (Å²) in [6.45, 7) is 2.80. The van der Waals surface area contributed by atoms with Crippen LogP contribution in [0.5, 0.6) is 11.5 Å². The third-order valence-corrected chi connectivity index (χ3v) is 3.33. The van der Waals surface area contributed by atoms with Crippen LogP contribution in [-0.4, -0.2) is 17.7 Å². The van der Waals surface area contributed by atoms with Crippen LogP contribution in [0.2, 0.25) is 0 Å². The van der Waals surface area contributed by atoms with Crippen molar-refractivity contribution in [2.45, 2.75) is 26.0 Å². The molecule has 0 saturated heterocycles. The molecule has 0 aliphatic heterocycles. The normalized spacial score (nSPS) is 11.7.